The summed E-state index contributed by atoms with van der Waals surface area (Å²) >= 11 is 0. The Morgan fingerprint density at radius 2 is 2.60 bits per heavy atom. The third-order valence-corrected chi connectivity index (χ3v) is 1.40. The number of H-pyrrole nitrogens is 1. The Kier molecular flexibility index (Phi) is 0.791. The van der Waals surface area contributed by atoms with E-state index in [4.69, 9.17) is 4.52 Å². The summed E-state index contributed by atoms with van der Waals surface area (Å²) in [4.78, 5) is 13.4. The number of aryl methyl sites for hydroxylation is 1. The molecular formula is C5H5N3O2. The number of rotatable bonds is 0. The van der Waals surface area contributed by atoms with Gasteiger partial charge in [-0.1, -0.05) is 5.16 Å². The molecule has 0 aliphatic carbocycles. The fourth-order valence-electron chi connectivity index (χ4n) is 0.852. The summed E-state index contributed by atoms with van der Waals surface area (Å²) in [5, 5.41) is 3.50. The maximum atomic E-state index is 10.8. The highest BCUT2D eigenvalue weighted by Crippen LogP contribution is 2.04. The first-order valence-electron chi connectivity index (χ1n) is 2.78. The van der Waals surface area contributed by atoms with E-state index in [1.165, 1.54) is 10.8 Å². The lowest BCUT2D eigenvalue weighted by atomic mass is 10.6. The Balaban J connectivity index is 3.09. The van der Waals surface area contributed by atoms with E-state index in [0.717, 1.165) is 0 Å². The number of aromatic amines is 1. The lowest BCUT2D eigenvalue weighted by molar-refractivity contribution is 0.437. The second-order valence-corrected chi connectivity index (χ2v) is 2.03. The van der Waals surface area contributed by atoms with Crippen LogP contribution < -0.4 is 5.69 Å². The lowest BCUT2D eigenvalue weighted by Crippen LogP contribution is -2.11. The van der Waals surface area contributed by atoms with Crippen molar-refractivity contribution in [2.24, 2.45) is 7.05 Å². The van der Waals surface area contributed by atoms with Crippen LogP contribution in [0.3, 0.4) is 0 Å². The third-order valence-electron chi connectivity index (χ3n) is 1.40. The standard InChI is InChI=1S/C5H5N3O2/c1-8-4-3(2-6-10-4)7-5(8)9/h2H,1H3,(H,7,9). The molecule has 0 atom stereocenters. The minimum Gasteiger partial charge on any atom is -0.336 e. The zero-order valence-corrected chi connectivity index (χ0v) is 5.29. The van der Waals surface area contributed by atoms with Crippen LogP contribution in [0, 0.1) is 0 Å². The van der Waals surface area contributed by atoms with E-state index in [9.17, 15) is 4.79 Å². The highest BCUT2D eigenvalue weighted by molar-refractivity contribution is 5.66. The number of hydrogen-bond donors (Lipinski definition) is 1. The van der Waals surface area contributed by atoms with Crippen LogP contribution in [0.15, 0.2) is 15.5 Å². The van der Waals surface area contributed by atoms with E-state index in [0.29, 0.717) is 11.2 Å². The Bertz CT molecular complexity index is 408. The summed E-state index contributed by atoms with van der Waals surface area (Å²) in [6, 6.07) is 0. The molecule has 2 rings (SSSR count). The smallest absolute Gasteiger partial charge is 0.328 e. The summed E-state index contributed by atoms with van der Waals surface area (Å²) < 4.78 is 6.11. The number of hydrogen-bond acceptors (Lipinski definition) is 3. The molecule has 0 saturated heterocycles. The molecule has 2 aromatic heterocycles. The summed E-state index contributed by atoms with van der Waals surface area (Å²) in [7, 11) is 1.62. The maximum Gasteiger partial charge on any atom is 0.328 e. The predicted molar refractivity (Wildman–Crippen MR) is 33.6 cm³/mol. The van der Waals surface area contributed by atoms with E-state index < -0.39 is 0 Å². The van der Waals surface area contributed by atoms with Gasteiger partial charge in [0.15, 0.2) is 0 Å². The SMILES string of the molecule is Cn1c(=O)[nH]c2cnoc21. The van der Waals surface area contributed by atoms with E-state index in [1.807, 2.05) is 0 Å². The Labute approximate surface area is 55.2 Å². The Morgan fingerprint density at radius 1 is 1.80 bits per heavy atom. The van der Waals surface area contributed by atoms with E-state index in [2.05, 4.69) is 10.1 Å². The maximum absolute atomic E-state index is 10.8. The molecule has 0 fully saturated rings. The number of nitrogens with one attached hydrogen (secondary N) is 1. The van der Waals surface area contributed by atoms with Crippen LogP contribution in [0.2, 0.25) is 0 Å². The van der Waals surface area contributed by atoms with Gasteiger partial charge in [0.25, 0.3) is 5.71 Å². The quantitative estimate of drug-likeness (QED) is 0.552. The average molecular weight is 139 g/mol. The van der Waals surface area contributed by atoms with Gasteiger partial charge in [-0.05, 0) is 0 Å². The zero-order chi connectivity index (χ0) is 7.14. The van der Waals surface area contributed by atoms with Gasteiger partial charge < -0.3 is 9.51 Å². The van der Waals surface area contributed by atoms with Crippen LogP contribution in [-0.4, -0.2) is 14.7 Å². The summed E-state index contributed by atoms with van der Waals surface area (Å²) in [5.74, 6) is 0. The lowest BCUT2D eigenvalue weighted by Gasteiger charge is -1.80. The van der Waals surface area contributed by atoms with Crippen LogP contribution in [0.1, 0.15) is 0 Å². The van der Waals surface area contributed by atoms with Gasteiger partial charge in [0, 0.05) is 7.05 Å². The molecule has 0 saturated carbocycles. The van der Waals surface area contributed by atoms with Crippen LogP contribution in [0.5, 0.6) is 0 Å². The van der Waals surface area contributed by atoms with Crippen molar-refractivity contribution < 1.29 is 4.52 Å². The highest BCUT2D eigenvalue weighted by atomic mass is 16.5. The molecule has 0 amide bonds. The fourth-order valence-corrected chi connectivity index (χ4v) is 0.852. The minimum absolute atomic E-state index is 0.184. The van der Waals surface area contributed by atoms with Gasteiger partial charge in [0.2, 0.25) is 0 Å². The van der Waals surface area contributed by atoms with Gasteiger partial charge in [0.05, 0.1) is 6.20 Å². The zero-order valence-electron chi connectivity index (χ0n) is 5.29. The van der Waals surface area contributed by atoms with Crippen molar-refractivity contribution in [2.75, 3.05) is 0 Å². The van der Waals surface area contributed by atoms with Crippen LogP contribution >= 0.6 is 0 Å². The van der Waals surface area contributed by atoms with E-state index in [1.54, 1.807) is 7.05 Å². The van der Waals surface area contributed by atoms with Crippen LogP contribution in [0.4, 0.5) is 0 Å². The third kappa shape index (κ3) is 0.464. The van der Waals surface area contributed by atoms with Gasteiger partial charge in [-0.25, -0.2) is 4.79 Å². The molecule has 1 N–H and O–H groups in total. The average Bonchev–Trinajstić information content (AvgIpc) is 2.41. The van der Waals surface area contributed by atoms with Crippen LogP contribution in [-0.2, 0) is 7.05 Å². The molecule has 0 unspecified atom stereocenters. The van der Waals surface area contributed by atoms with Crippen LogP contribution in [0.25, 0.3) is 11.2 Å². The topological polar surface area (TPSA) is 63.8 Å². The molecule has 10 heavy (non-hydrogen) atoms. The van der Waals surface area contributed by atoms with Crippen molar-refractivity contribution in [1.82, 2.24) is 14.7 Å². The molecule has 2 aromatic rings. The molecule has 2 heterocycles. The summed E-state index contributed by atoms with van der Waals surface area (Å²) in [5.41, 5.74) is 0.925. The molecule has 0 radical (unpaired) electrons. The number of nitrogens with zero attached hydrogens (tertiary/aromatic N) is 2. The predicted octanol–water partition coefficient (Wildman–Crippen LogP) is -0.145. The van der Waals surface area contributed by atoms with Gasteiger partial charge in [-0.2, -0.15) is 0 Å². The van der Waals surface area contributed by atoms with Gasteiger partial charge in [-0.3, -0.25) is 4.57 Å². The molecule has 5 heteroatoms. The van der Waals surface area contributed by atoms with Crippen molar-refractivity contribution in [1.29, 1.82) is 0 Å². The molecule has 52 valence electrons. The Morgan fingerprint density at radius 3 is 3.30 bits per heavy atom. The second kappa shape index (κ2) is 1.50. The second-order valence-electron chi connectivity index (χ2n) is 2.03. The number of fused-ring (bicyclic) bond motifs is 1. The largest absolute Gasteiger partial charge is 0.336 e. The van der Waals surface area contributed by atoms with E-state index in [-0.39, 0.29) is 5.69 Å². The van der Waals surface area contributed by atoms with Gasteiger partial charge >= 0.3 is 5.69 Å². The fraction of sp³-hybridized carbons (Fsp3) is 0.200. The van der Waals surface area contributed by atoms with Crippen molar-refractivity contribution in [2.45, 2.75) is 0 Å². The minimum atomic E-state index is -0.184. The first-order valence-corrected chi connectivity index (χ1v) is 2.78. The Hall–Kier alpha value is -1.52. The monoisotopic (exact) mass is 139 g/mol. The van der Waals surface area contributed by atoms with Crippen molar-refractivity contribution in [3.63, 3.8) is 0 Å². The molecule has 0 aliphatic rings. The molecule has 0 aliphatic heterocycles. The normalized spacial score (nSPS) is 10.9. The van der Waals surface area contributed by atoms with Crippen molar-refractivity contribution >= 4 is 11.2 Å². The molecular weight excluding hydrogens is 134 g/mol. The van der Waals surface area contributed by atoms with E-state index >= 15 is 0 Å². The van der Waals surface area contributed by atoms with Crippen molar-refractivity contribution in [3.05, 3.63) is 16.7 Å². The molecule has 0 bridgehead atoms. The summed E-state index contributed by atoms with van der Waals surface area (Å²) in [6.07, 6.45) is 1.47. The van der Waals surface area contributed by atoms with Gasteiger partial charge in [0.1, 0.15) is 5.52 Å². The number of imidazole rings is 1. The highest BCUT2D eigenvalue weighted by Gasteiger charge is 2.04. The molecule has 0 aromatic carbocycles. The first kappa shape index (κ1) is 5.28. The molecule has 5 nitrogen and oxygen atoms in total. The number of aromatic nitrogens is 3. The summed E-state index contributed by atoms with van der Waals surface area (Å²) in [6.45, 7) is 0. The molecule has 0 spiro atoms. The van der Waals surface area contributed by atoms with Gasteiger partial charge in [-0.15, -0.1) is 0 Å². The first-order chi connectivity index (χ1) is 4.79. The van der Waals surface area contributed by atoms with Crippen molar-refractivity contribution in [3.8, 4) is 0 Å².